The molecular formula is C17H30N2O3S. The zero-order valence-electron chi connectivity index (χ0n) is 14.0. The van der Waals surface area contributed by atoms with Gasteiger partial charge in [-0.15, -0.1) is 0 Å². The molecule has 2 heterocycles. The molecule has 0 radical (unpaired) electrons. The molecule has 6 heteroatoms. The van der Waals surface area contributed by atoms with E-state index in [4.69, 9.17) is 0 Å². The van der Waals surface area contributed by atoms with Crippen LogP contribution in [0.3, 0.4) is 0 Å². The molecule has 0 spiro atoms. The lowest BCUT2D eigenvalue weighted by atomic mass is 9.86. The summed E-state index contributed by atoms with van der Waals surface area (Å²) in [5, 5.41) is 3.50. The van der Waals surface area contributed by atoms with Gasteiger partial charge in [-0.2, -0.15) is 0 Å². The van der Waals surface area contributed by atoms with Crippen LogP contribution < -0.4 is 5.32 Å². The smallest absolute Gasteiger partial charge is 0.222 e. The van der Waals surface area contributed by atoms with E-state index in [1.54, 1.807) is 0 Å². The molecule has 3 aliphatic rings. The molecule has 3 fully saturated rings. The molecule has 132 valence electrons. The van der Waals surface area contributed by atoms with E-state index >= 15 is 0 Å². The number of sulfone groups is 1. The SMILES string of the molecule is O=C(CC1CCCCC1)N1CCC(N[C@H]2CCS(=O)(=O)C2)CC1. The highest BCUT2D eigenvalue weighted by Gasteiger charge is 2.31. The number of likely N-dealkylation sites (tertiary alicyclic amines) is 1. The van der Waals surface area contributed by atoms with Gasteiger partial charge < -0.3 is 10.2 Å². The van der Waals surface area contributed by atoms with E-state index in [1.807, 2.05) is 4.90 Å². The van der Waals surface area contributed by atoms with Crippen LogP contribution >= 0.6 is 0 Å². The summed E-state index contributed by atoms with van der Waals surface area (Å²) in [7, 11) is -2.81. The zero-order chi connectivity index (χ0) is 16.3. The lowest BCUT2D eigenvalue weighted by Gasteiger charge is -2.35. The van der Waals surface area contributed by atoms with Crippen molar-refractivity contribution in [3.63, 3.8) is 0 Å². The first-order valence-corrected chi connectivity index (χ1v) is 11.1. The van der Waals surface area contributed by atoms with Gasteiger partial charge in [0.2, 0.25) is 5.91 Å². The molecule has 3 rings (SSSR count). The third kappa shape index (κ3) is 4.92. The Hall–Kier alpha value is -0.620. The fourth-order valence-corrected chi connectivity index (χ4v) is 6.01. The maximum absolute atomic E-state index is 12.4. The summed E-state index contributed by atoms with van der Waals surface area (Å²) in [6, 6.07) is 0.488. The average Bonchev–Trinajstić information content (AvgIpc) is 2.88. The molecule has 0 unspecified atom stereocenters. The van der Waals surface area contributed by atoms with Gasteiger partial charge in [0.05, 0.1) is 11.5 Å². The number of hydrogen-bond acceptors (Lipinski definition) is 4. The molecule has 1 N–H and O–H groups in total. The third-order valence-electron chi connectivity index (χ3n) is 5.74. The number of hydrogen-bond donors (Lipinski definition) is 1. The van der Waals surface area contributed by atoms with Crippen molar-refractivity contribution in [2.24, 2.45) is 5.92 Å². The fourth-order valence-electron chi connectivity index (χ4n) is 4.32. The lowest BCUT2D eigenvalue weighted by molar-refractivity contribution is -0.133. The number of rotatable bonds is 4. The standard InChI is InChI=1S/C17H30N2O3S/c20-17(12-14-4-2-1-3-5-14)19-9-6-15(7-10-19)18-16-8-11-23(21,22)13-16/h14-16,18H,1-13H2/t16-/m0/s1. The fraction of sp³-hybridized carbons (Fsp3) is 0.941. The van der Waals surface area contributed by atoms with Gasteiger partial charge in [-0.1, -0.05) is 19.3 Å². The minimum absolute atomic E-state index is 0.120. The van der Waals surface area contributed by atoms with Gasteiger partial charge in [-0.25, -0.2) is 8.42 Å². The quantitative estimate of drug-likeness (QED) is 0.845. The van der Waals surface area contributed by atoms with Gasteiger partial charge in [0.25, 0.3) is 0 Å². The van der Waals surface area contributed by atoms with Crippen molar-refractivity contribution >= 4 is 15.7 Å². The Morgan fingerprint density at radius 1 is 0.957 bits per heavy atom. The number of amides is 1. The summed E-state index contributed by atoms with van der Waals surface area (Å²) >= 11 is 0. The number of piperidine rings is 1. The molecule has 1 aliphatic carbocycles. The van der Waals surface area contributed by atoms with Crippen LogP contribution in [-0.4, -0.2) is 55.9 Å². The number of carbonyl (C=O) groups excluding carboxylic acids is 1. The van der Waals surface area contributed by atoms with E-state index in [0.29, 0.717) is 23.6 Å². The van der Waals surface area contributed by atoms with Crippen molar-refractivity contribution in [1.82, 2.24) is 10.2 Å². The Balaban J connectivity index is 1.38. The topological polar surface area (TPSA) is 66.5 Å². The summed E-state index contributed by atoms with van der Waals surface area (Å²) in [4.78, 5) is 14.5. The van der Waals surface area contributed by atoms with Crippen LogP contribution in [0.25, 0.3) is 0 Å². The minimum Gasteiger partial charge on any atom is -0.343 e. The Morgan fingerprint density at radius 3 is 2.26 bits per heavy atom. The van der Waals surface area contributed by atoms with Crippen molar-refractivity contribution in [3.05, 3.63) is 0 Å². The van der Waals surface area contributed by atoms with Gasteiger partial charge in [-0.05, 0) is 38.0 Å². The second-order valence-corrected chi connectivity index (χ2v) is 9.86. The summed E-state index contributed by atoms with van der Waals surface area (Å²) in [6.45, 7) is 1.64. The van der Waals surface area contributed by atoms with Crippen LogP contribution in [-0.2, 0) is 14.6 Å². The molecule has 2 aliphatic heterocycles. The van der Waals surface area contributed by atoms with E-state index in [-0.39, 0.29) is 11.8 Å². The van der Waals surface area contributed by atoms with Gasteiger partial charge in [0, 0.05) is 31.6 Å². The molecule has 1 saturated carbocycles. The summed E-state index contributed by atoms with van der Waals surface area (Å²) in [5.41, 5.74) is 0. The molecule has 0 aromatic heterocycles. The van der Waals surface area contributed by atoms with E-state index in [1.165, 1.54) is 32.1 Å². The molecule has 23 heavy (non-hydrogen) atoms. The minimum atomic E-state index is -2.81. The summed E-state index contributed by atoms with van der Waals surface area (Å²) in [6.07, 6.45) is 9.73. The summed E-state index contributed by atoms with van der Waals surface area (Å²) < 4.78 is 23.0. The van der Waals surface area contributed by atoms with Crippen molar-refractivity contribution in [2.75, 3.05) is 24.6 Å². The van der Waals surface area contributed by atoms with Crippen molar-refractivity contribution < 1.29 is 13.2 Å². The highest BCUT2D eigenvalue weighted by molar-refractivity contribution is 7.91. The monoisotopic (exact) mass is 342 g/mol. The molecular weight excluding hydrogens is 312 g/mol. The van der Waals surface area contributed by atoms with Crippen LogP contribution in [0.5, 0.6) is 0 Å². The first-order valence-electron chi connectivity index (χ1n) is 9.26. The van der Waals surface area contributed by atoms with Crippen LogP contribution in [0.15, 0.2) is 0 Å². The van der Waals surface area contributed by atoms with E-state index < -0.39 is 9.84 Å². The second-order valence-electron chi connectivity index (χ2n) is 7.63. The van der Waals surface area contributed by atoms with E-state index in [0.717, 1.165) is 38.8 Å². The van der Waals surface area contributed by atoms with Crippen LogP contribution in [0, 0.1) is 5.92 Å². The van der Waals surface area contributed by atoms with Gasteiger partial charge in [0.1, 0.15) is 0 Å². The Morgan fingerprint density at radius 2 is 1.65 bits per heavy atom. The van der Waals surface area contributed by atoms with Crippen molar-refractivity contribution in [1.29, 1.82) is 0 Å². The van der Waals surface area contributed by atoms with Gasteiger partial charge >= 0.3 is 0 Å². The molecule has 1 atom stereocenters. The van der Waals surface area contributed by atoms with E-state index in [2.05, 4.69) is 5.32 Å². The average molecular weight is 343 g/mol. The number of nitrogens with zero attached hydrogens (tertiary/aromatic N) is 1. The Bertz CT molecular complexity index is 506. The predicted octanol–water partition coefficient (Wildman–Crippen LogP) is 1.72. The maximum atomic E-state index is 12.4. The van der Waals surface area contributed by atoms with Crippen molar-refractivity contribution in [2.45, 2.75) is 69.9 Å². The van der Waals surface area contributed by atoms with Crippen molar-refractivity contribution in [3.8, 4) is 0 Å². The van der Waals surface area contributed by atoms with Crippen LogP contribution in [0.4, 0.5) is 0 Å². The zero-order valence-corrected chi connectivity index (χ0v) is 14.8. The van der Waals surface area contributed by atoms with Crippen LogP contribution in [0.2, 0.25) is 0 Å². The Kier molecular flexibility index (Phi) is 5.62. The molecule has 0 bridgehead atoms. The summed E-state index contributed by atoms with van der Waals surface area (Å²) in [5.74, 6) is 1.55. The maximum Gasteiger partial charge on any atom is 0.222 e. The Labute approximate surface area is 140 Å². The molecule has 1 amide bonds. The first-order chi connectivity index (χ1) is 11.0. The molecule has 0 aromatic rings. The molecule has 5 nitrogen and oxygen atoms in total. The van der Waals surface area contributed by atoms with Crippen LogP contribution in [0.1, 0.15) is 57.8 Å². The number of nitrogens with one attached hydrogen (secondary N) is 1. The van der Waals surface area contributed by atoms with E-state index in [9.17, 15) is 13.2 Å². The number of carbonyl (C=O) groups is 1. The normalized spacial score (nSPS) is 29.7. The lowest BCUT2D eigenvalue weighted by Crippen LogP contribution is -2.48. The largest absolute Gasteiger partial charge is 0.343 e. The first kappa shape index (κ1) is 17.2. The third-order valence-corrected chi connectivity index (χ3v) is 7.51. The predicted molar refractivity (Wildman–Crippen MR) is 91.0 cm³/mol. The highest BCUT2D eigenvalue weighted by Crippen LogP contribution is 2.27. The second kappa shape index (κ2) is 7.51. The highest BCUT2D eigenvalue weighted by atomic mass is 32.2. The van der Waals surface area contributed by atoms with Gasteiger partial charge in [-0.3, -0.25) is 4.79 Å². The molecule has 0 aromatic carbocycles. The molecule has 2 saturated heterocycles. The van der Waals surface area contributed by atoms with Gasteiger partial charge in [0.15, 0.2) is 9.84 Å².